The van der Waals surface area contributed by atoms with Crippen molar-refractivity contribution in [2.75, 3.05) is 19.4 Å². The van der Waals surface area contributed by atoms with E-state index >= 15 is 0 Å². The van der Waals surface area contributed by atoms with Crippen LogP contribution in [0.1, 0.15) is 83.7 Å². The van der Waals surface area contributed by atoms with Crippen molar-refractivity contribution in [2.45, 2.75) is 88.2 Å². The van der Waals surface area contributed by atoms with Crippen molar-refractivity contribution < 1.29 is 9.47 Å². The Morgan fingerprint density at radius 3 is 2.10 bits per heavy atom. The van der Waals surface area contributed by atoms with E-state index in [0.717, 1.165) is 61.5 Å². The highest BCUT2D eigenvalue weighted by atomic mass is 32.2. The first kappa shape index (κ1) is 33.5. The first-order chi connectivity index (χ1) is 23.3. The van der Waals surface area contributed by atoms with Crippen LogP contribution in [0.4, 0.5) is 11.4 Å². The maximum absolute atomic E-state index is 7.12. The molecule has 6 heteroatoms. The predicted octanol–water partition coefficient (Wildman–Crippen LogP) is 12.0. The van der Waals surface area contributed by atoms with Crippen molar-refractivity contribution >= 4 is 33.9 Å². The van der Waals surface area contributed by atoms with Gasteiger partial charge >= 0.3 is 0 Å². The average molecular weight is 672 g/mol. The summed E-state index contributed by atoms with van der Waals surface area (Å²) in [6.07, 6.45) is 0.995. The largest absolute Gasteiger partial charge is 0.453 e. The third kappa shape index (κ3) is 6.54. The van der Waals surface area contributed by atoms with Gasteiger partial charge in [-0.1, -0.05) is 108 Å². The summed E-state index contributed by atoms with van der Waals surface area (Å²) in [6.45, 7) is 16.2. The topological polar surface area (TPSA) is 45.8 Å². The first-order valence-electron chi connectivity index (χ1n) is 17.4. The van der Waals surface area contributed by atoms with E-state index in [-0.39, 0.29) is 29.0 Å². The van der Waals surface area contributed by atoms with E-state index in [1.54, 1.807) is 11.8 Å². The number of hydrogen-bond acceptors (Lipinski definition) is 6. The van der Waals surface area contributed by atoms with Crippen molar-refractivity contribution in [1.82, 2.24) is 10.2 Å². The van der Waals surface area contributed by atoms with Gasteiger partial charge in [0.2, 0.25) is 0 Å². The lowest BCUT2D eigenvalue weighted by Gasteiger charge is -2.42. The summed E-state index contributed by atoms with van der Waals surface area (Å²) in [5.41, 5.74) is 6.16. The van der Waals surface area contributed by atoms with Gasteiger partial charge in [0.05, 0.1) is 22.4 Å². The second kappa shape index (κ2) is 12.7. The highest BCUT2D eigenvalue weighted by Gasteiger charge is 2.41. The number of nitrogens with zero attached hydrogens (tertiary/aromatic N) is 1. The molecular weight excluding hydrogens is 623 g/mol. The van der Waals surface area contributed by atoms with Gasteiger partial charge in [-0.25, -0.2) is 0 Å². The van der Waals surface area contributed by atoms with Gasteiger partial charge in [-0.05, 0) is 102 Å². The van der Waals surface area contributed by atoms with Gasteiger partial charge in [0.25, 0.3) is 0 Å². The van der Waals surface area contributed by atoms with E-state index in [4.69, 9.17) is 9.47 Å². The molecule has 0 saturated heterocycles. The molecule has 5 aromatic carbocycles. The summed E-state index contributed by atoms with van der Waals surface area (Å²) in [6, 6.07) is 32.2. The first-order valence-corrected chi connectivity index (χ1v) is 18.3. The number of hydrogen-bond donors (Lipinski definition) is 2. The standard InChI is InChI=1S/C43H49N3O2S/c1-26-27(2)44-41(46(8)9)36-35(26)37-40(49-34-17-13-12-16-33(34)45-37)39(48-32-21-18-28-14-10-11-15-29(28)24-32)38(36)47-31-22-19-30(20-23-31)43(6,7)25-42(3,4)5/h10-24,26-27,41,44-45H,25H2,1-9H3/t26-,27?,41?/m1/s1. The van der Waals surface area contributed by atoms with Crippen molar-refractivity contribution in [3.8, 4) is 23.0 Å². The van der Waals surface area contributed by atoms with Crippen molar-refractivity contribution in [1.29, 1.82) is 0 Å². The zero-order valence-electron chi connectivity index (χ0n) is 30.3. The molecule has 0 saturated carbocycles. The minimum Gasteiger partial charge on any atom is -0.453 e. The molecule has 0 amide bonds. The molecule has 2 aliphatic rings. The summed E-state index contributed by atoms with van der Waals surface area (Å²) in [4.78, 5) is 4.44. The number of anilines is 2. The van der Waals surface area contributed by atoms with E-state index < -0.39 is 0 Å². The monoisotopic (exact) mass is 671 g/mol. The second-order valence-electron chi connectivity index (χ2n) is 15.9. The Labute approximate surface area is 296 Å². The van der Waals surface area contributed by atoms with Crippen LogP contribution in [0.5, 0.6) is 23.0 Å². The van der Waals surface area contributed by atoms with Crippen LogP contribution in [0.25, 0.3) is 10.8 Å². The van der Waals surface area contributed by atoms with Crippen molar-refractivity contribution in [3.05, 3.63) is 108 Å². The van der Waals surface area contributed by atoms with Crippen molar-refractivity contribution in [2.24, 2.45) is 5.41 Å². The zero-order valence-corrected chi connectivity index (χ0v) is 31.1. The van der Waals surface area contributed by atoms with Gasteiger partial charge in [0, 0.05) is 16.5 Å². The van der Waals surface area contributed by atoms with Crippen LogP contribution in [0.3, 0.4) is 0 Å². The molecule has 2 unspecified atom stereocenters. The molecule has 2 heterocycles. The molecule has 3 atom stereocenters. The molecule has 49 heavy (non-hydrogen) atoms. The maximum atomic E-state index is 7.12. The fourth-order valence-corrected chi connectivity index (χ4v) is 8.87. The quantitative estimate of drug-likeness (QED) is 0.176. The van der Waals surface area contributed by atoms with Gasteiger partial charge in [-0.3, -0.25) is 10.2 Å². The molecule has 2 aliphatic heterocycles. The number of rotatable bonds is 7. The Bertz CT molecular complexity index is 2010. The Kier molecular flexibility index (Phi) is 8.71. The Morgan fingerprint density at radius 2 is 1.39 bits per heavy atom. The molecule has 0 fully saturated rings. The van der Waals surface area contributed by atoms with E-state index in [9.17, 15) is 0 Å². The Morgan fingerprint density at radius 1 is 0.735 bits per heavy atom. The van der Waals surface area contributed by atoms with Crippen LogP contribution >= 0.6 is 11.8 Å². The van der Waals surface area contributed by atoms with E-state index in [2.05, 4.69) is 169 Å². The van der Waals surface area contributed by atoms with Crippen LogP contribution in [0, 0.1) is 5.41 Å². The van der Waals surface area contributed by atoms with Gasteiger partial charge in [-0.2, -0.15) is 0 Å². The lowest BCUT2D eigenvalue weighted by atomic mass is 9.72. The predicted molar refractivity (Wildman–Crippen MR) is 205 cm³/mol. The number of ether oxygens (including phenoxy) is 2. The molecule has 5 aromatic rings. The van der Waals surface area contributed by atoms with E-state index in [1.807, 2.05) is 0 Å². The van der Waals surface area contributed by atoms with Crippen LogP contribution in [0.15, 0.2) is 101 Å². The molecule has 7 rings (SSSR count). The average Bonchev–Trinajstić information content (AvgIpc) is 3.05. The Balaban J connectivity index is 1.43. The molecule has 0 bridgehead atoms. The van der Waals surface area contributed by atoms with Crippen LogP contribution in [0.2, 0.25) is 0 Å². The van der Waals surface area contributed by atoms with Gasteiger partial charge in [-0.15, -0.1) is 0 Å². The van der Waals surface area contributed by atoms with Crippen LogP contribution in [-0.4, -0.2) is 25.0 Å². The second-order valence-corrected chi connectivity index (χ2v) is 16.9. The molecule has 5 nitrogen and oxygen atoms in total. The summed E-state index contributed by atoms with van der Waals surface area (Å²) in [7, 11) is 4.25. The molecule has 0 spiro atoms. The molecule has 2 N–H and O–H groups in total. The minimum absolute atomic E-state index is 0.0350. The van der Waals surface area contributed by atoms with E-state index in [0.29, 0.717) is 0 Å². The minimum atomic E-state index is -0.0885. The normalized spacial score (nSPS) is 18.8. The highest BCUT2D eigenvalue weighted by molar-refractivity contribution is 7.99. The third-order valence-corrected chi connectivity index (χ3v) is 11.2. The lowest BCUT2D eigenvalue weighted by Crippen LogP contribution is -2.46. The molecule has 254 valence electrons. The van der Waals surface area contributed by atoms with Crippen LogP contribution < -0.4 is 20.1 Å². The number of nitrogens with one attached hydrogen (secondary N) is 2. The van der Waals surface area contributed by atoms with Gasteiger partial charge < -0.3 is 14.8 Å². The van der Waals surface area contributed by atoms with Crippen LogP contribution in [-0.2, 0) is 5.41 Å². The number of fused-ring (bicyclic) bond motifs is 5. The highest BCUT2D eigenvalue weighted by Crippen LogP contribution is 2.60. The third-order valence-electron chi connectivity index (χ3n) is 9.99. The Hall–Kier alpha value is -3.97. The molecule has 0 aliphatic carbocycles. The number of benzene rings is 5. The summed E-state index contributed by atoms with van der Waals surface area (Å²) in [5, 5.41) is 10.1. The zero-order chi connectivity index (χ0) is 34.7. The summed E-state index contributed by atoms with van der Waals surface area (Å²) < 4.78 is 14.2. The fraction of sp³-hybridized carbons (Fsp3) is 0.349. The SMILES string of the molecule is CC1NC(N(C)C)c2c(Oc3ccc(C(C)(C)CC(C)(C)C)cc3)c(Oc3ccc4ccccc4c3)c3c(c2[C@@H]1C)Nc1ccccc1S3. The summed E-state index contributed by atoms with van der Waals surface area (Å²) >= 11 is 1.75. The van der Waals surface area contributed by atoms with Crippen molar-refractivity contribution in [3.63, 3.8) is 0 Å². The lowest BCUT2D eigenvalue weighted by molar-refractivity contribution is 0.200. The fourth-order valence-electron chi connectivity index (χ4n) is 7.78. The molecule has 0 aromatic heterocycles. The van der Waals surface area contributed by atoms with Gasteiger partial charge in [0.1, 0.15) is 11.5 Å². The molecule has 0 radical (unpaired) electrons. The summed E-state index contributed by atoms with van der Waals surface area (Å²) in [5.74, 6) is 3.26. The maximum Gasteiger partial charge on any atom is 0.186 e. The molecular formula is C43H49N3O2S. The smallest absolute Gasteiger partial charge is 0.186 e. The van der Waals surface area contributed by atoms with Gasteiger partial charge in [0.15, 0.2) is 11.5 Å². The number of para-hydroxylation sites is 1. The van der Waals surface area contributed by atoms with E-state index in [1.165, 1.54) is 16.5 Å².